The minimum atomic E-state index is -1.17. The van der Waals surface area contributed by atoms with Crippen LogP contribution in [0.3, 0.4) is 0 Å². The number of carboxylic acid groups (broad SMARTS) is 1. The van der Waals surface area contributed by atoms with Gasteiger partial charge in [0.15, 0.2) is 0 Å². The van der Waals surface area contributed by atoms with Gasteiger partial charge < -0.3 is 15.2 Å². The summed E-state index contributed by atoms with van der Waals surface area (Å²) in [5.74, 6) is -1.48. The highest BCUT2D eigenvalue weighted by Crippen LogP contribution is 2.23. The van der Waals surface area contributed by atoms with Gasteiger partial charge in [-0.3, -0.25) is 4.68 Å². The zero-order valence-corrected chi connectivity index (χ0v) is 8.62. The van der Waals surface area contributed by atoms with Crippen molar-refractivity contribution in [2.45, 2.75) is 0 Å². The van der Waals surface area contributed by atoms with Crippen LogP contribution in [0.1, 0.15) is 10.4 Å². The Morgan fingerprint density at radius 2 is 2.35 bits per heavy atom. The van der Waals surface area contributed by atoms with Crippen LogP contribution in [0.5, 0.6) is 0 Å². The number of aromatic nitrogens is 4. The number of carboxylic acids is 1. The number of hydrogen-bond acceptors (Lipinski definition) is 5. The van der Waals surface area contributed by atoms with Gasteiger partial charge in [0.2, 0.25) is 0 Å². The number of nitrogens with zero attached hydrogens (tertiary/aromatic N) is 4. The Bertz CT molecular complexity index is 599. The van der Waals surface area contributed by atoms with Crippen LogP contribution in [0.2, 0.25) is 0 Å². The van der Waals surface area contributed by atoms with Crippen molar-refractivity contribution < 1.29 is 14.8 Å². The molecule has 0 saturated heterocycles. The van der Waals surface area contributed by atoms with Gasteiger partial charge in [0.05, 0.1) is 12.3 Å². The molecule has 2 aromatic rings. The van der Waals surface area contributed by atoms with Crippen molar-refractivity contribution in [3.8, 4) is 11.4 Å². The van der Waals surface area contributed by atoms with Crippen LogP contribution < -0.4 is 0 Å². The molecule has 0 bridgehead atoms. The maximum atomic E-state index is 10.9. The molecule has 2 heterocycles. The van der Waals surface area contributed by atoms with E-state index >= 15 is 0 Å². The lowest BCUT2D eigenvalue weighted by Crippen LogP contribution is -2.00. The predicted octanol–water partition coefficient (Wildman–Crippen LogP) is 0.417. The van der Waals surface area contributed by atoms with Gasteiger partial charge in [0.1, 0.15) is 17.0 Å². The van der Waals surface area contributed by atoms with Crippen molar-refractivity contribution in [3.05, 3.63) is 27.9 Å². The van der Waals surface area contributed by atoms with E-state index in [1.807, 2.05) is 0 Å². The van der Waals surface area contributed by atoms with Crippen molar-refractivity contribution in [1.82, 2.24) is 20.0 Å². The molecule has 0 radical (unpaired) electrons. The van der Waals surface area contributed by atoms with Crippen molar-refractivity contribution in [3.63, 3.8) is 0 Å². The lowest BCUT2D eigenvalue weighted by molar-refractivity contribution is -0.389. The number of nitrogens with one attached hydrogen (secondary N) is 1. The third kappa shape index (κ3) is 1.73. The highest BCUT2D eigenvalue weighted by molar-refractivity contribution is 5.94. The van der Waals surface area contributed by atoms with E-state index in [2.05, 4.69) is 15.3 Å². The van der Waals surface area contributed by atoms with E-state index in [-0.39, 0.29) is 22.8 Å². The first kappa shape index (κ1) is 10.8. The van der Waals surface area contributed by atoms with Crippen LogP contribution >= 0.6 is 0 Å². The fourth-order valence-electron chi connectivity index (χ4n) is 1.42. The maximum Gasteiger partial charge on any atom is 0.343 e. The lowest BCUT2D eigenvalue weighted by Gasteiger charge is -1.97. The highest BCUT2D eigenvalue weighted by Gasteiger charge is 2.21. The van der Waals surface area contributed by atoms with Crippen molar-refractivity contribution >= 4 is 11.8 Å². The summed E-state index contributed by atoms with van der Waals surface area (Å²) >= 11 is 0. The number of rotatable bonds is 3. The Morgan fingerprint density at radius 1 is 1.65 bits per heavy atom. The average molecular weight is 237 g/mol. The van der Waals surface area contributed by atoms with Gasteiger partial charge in [-0.25, -0.2) is 4.79 Å². The largest absolute Gasteiger partial charge is 0.478 e. The number of carbonyl (C=O) groups is 1. The summed E-state index contributed by atoms with van der Waals surface area (Å²) in [6.45, 7) is 0. The average Bonchev–Trinajstić information content (AvgIpc) is 2.82. The van der Waals surface area contributed by atoms with E-state index in [9.17, 15) is 14.9 Å². The van der Waals surface area contributed by atoms with E-state index in [1.54, 1.807) is 0 Å². The molecule has 88 valence electrons. The molecule has 2 rings (SSSR count). The SMILES string of the molecule is Cn1ncc(C(=O)O)c1-c1cc([N+](=O)[O-])[nH]n1. The molecule has 0 aromatic carbocycles. The zero-order valence-electron chi connectivity index (χ0n) is 8.62. The van der Waals surface area contributed by atoms with Crippen LogP contribution in [0, 0.1) is 10.1 Å². The summed E-state index contributed by atoms with van der Waals surface area (Å²) in [7, 11) is 1.53. The molecule has 0 aliphatic carbocycles. The van der Waals surface area contributed by atoms with Gasteiger partial charge in [-0.2, -0.15) is 5.10 Å². The topological polar surface area (TPSA) is 127 Å². The van der Waals surface area contributed by atoms with E-state index in [0.717, 1.165) is 12.3 Å². The van der Waals surface area contributed by atoms with Crippen LogP contribution in [0.4, 0.5) is 5.82 Å². The molecule has 0 saturated carbocycles. The second kappa shape index (κ2) is 3.70. The first-order chi connectivity index (χ1) is 8.00. The number of aromatic carboxylic acids is 1. The van der Waals surface area contributed by atoms with E-state index < -0.39 is 10.9 Å². The monoisotopic (exact) mass is 237 g/mol. The fraction of sp³-hybridized carbons (Fsp3) is 0.125. The second-order valence-corrected chi connectivity index (χ2v) is 3.23. The molecule has 0 fully saturated rings. The molecular formula is C8H7N5O4. The minimum absolute atomic E-state index is 0.0612. The standard InChI is InChI=1S/C8H7N5O4/c1-12-7(4(3-9-12)8(14)15)5-2-6(11-10-5)13(16)17/h2-3H,1H3,(H,10,11)(H,14,15). The molecule has 0 spiro atoms. The molecular weight excluding hydrogens is 230 g/mol. The lowest BCUT2D eigenvalue weighted by atomic mass is 10.2. The van der Waals surface area contributed by atoms with E-state index in [1.165, 1.54) is 11.7 Å². The molecule has 9 nitrogen and oxygen atoms in total. The molecule has 17 heavy (non-hydrogen) atoms. The number of aromatic amines is 1. The van der Waals surface area contributed by atoms with E-state index in [4.69, 9.17) is 5.11 Å². The summed E-state index contributed by atoms with van der Waals surface area (Å²) in [6, 6.07) is 1.16. The predicted molar refractivity (Wildman–Crippen MR) is 54.4 cm³/mol. The van der Waals surface area contributed by atoms with Gasteiger partial charge in [-0.15, -0.1) is 5.10 Å². The minimum Gasteiger partial charge on any atom is -0.478 e. The maximum absolute atomic E-state index is 10.9. The van der Waals surface area contributed by atoms with Crippen LogP contribution in [0.15, 0.2) is 12.3 Å². The Morgan fingerprint density at radius 3 is 2.88 bits per heavy atom. The molecule has 2 N–H and O–H groups in total. The zero-order chi connectivity index (χ0) is 12.6. The number of nitro groups is 1. The smallest absolute Gasteiger partial charge is 0.343 e. The summed E-state index contributed by atoms with van der Waals surface area (Å²) < 4.78 is 1.29. The van der Waals surface area contributed by atoms with Gasteiger partial charge in [0.25, 0.3) is 0 Å². The van der Waals surface area contributed by atoms with E-state index in [0.29, 0.717) is 0 Å². The first-order valence-corrected chi connectivity index (χ1v) is 4.46. The normalized spacial score (nSPS) is 10.4. The number of aryl methyl sites for hydroxylation is 1. The molecule has 0 unspecified atom stereocenters. The first-order valence-electron chi connectivity index (χ1n) is 4.46. The Kier molecular flexibility index (Phi) is 2.35. The second-order valence-electron chi connectivity index (χ2n) is 3.23. The number of H-pyrrole nitrogens is 1. The Labute approximate surface area is 93.8 Å². The van der Waals surface area contributed by atoms with Crippen molar-refractivity contribution in [2.75, 3.05) is 0 Å². The molecule has 9 heteroatoms. The van der Waals surface area contributed by atoms with Crippen LogP contribution in [-0.2, 0) is 7.05 Å². The van der Waals surface area contributed by atoms with Crippen LogP contribution in [0.25, 0.3) is 11.4 Å². The van der Waals surface area contributed by atoms with Crippen molar-refractivity contribution in [2.24, 2.45) is 7.05 Å². The van der Waals surface area contributed by atoms with Gasteiger partial charge in [-0.1, -0.05) is 5.10 Å². The summed E-state index contributed by atoms with van der Waals surface area (Å²) in [6.07, 6.45) is 1.16. The molecule has 0 aliphatic heterocycles. The molecule has 0 atom stereocenters. The molecule has 2 aromatic heterocycles. The summed E-state index contributed by atoms with van der Waals surface area (Å²) in [5.41, 5.74) is 0.310. The van der Waals surface area contributed by atoms with Crippen molar-refractivity contribution in [1.29, 1.82) is 0 Å². The Balaban J connectivity index is 2.55. The Hall–Kier alpha value is -2.71. The third-order valence-corrected chi connectivity index (χ3v) is 2.17. The fourth-order valence-corrected chi connectivity index (χ4v) is 1.42. The van der Waals surface area contributed by atoms with Gasteiger partial charge in [0, 0.05) is 7.05 Å². The van der Waals surface area contributed by atoms with Crippen LogP contribution in [-0.4, -0.2) is 36.0 Å². The highest BCUT2D eigenvalue weighted by atomic mass is 16.6. The molecule has 0 aliphatic rings. The van der Waals surface area contributed by atoms with Gasteiger partial charge in [-0.05, 0) is 4.92 Å². The number of hydrogen-bond donors (Lipinski definition) is 2. The third-order valence-electron chi connectivity index (χ3n) is 2.17. The summed E-state index contributed by atoms with van der Waals surface area (Å²) in [4.78, 5) is 20.8. The molecule has 0 amide bonds. The quantitative estimate of drug-likeness (QED) is 0.588. The van der Waals surface area contributed by atoms with Gasteiger partial charge >= 0.3 is 11.8 Å². The summed E-state index contributed by atoms with van der Waals surface area (Å²) in [5, 5.41) is 29.1.